The minimum Gasteiger partial charge on any atom is -0.311 e. The van der Waals surface area contributed by atoms with Gasteiger partial charge in [0.25, 0.3) is 0 Å². The van der Waals surface area contributed by atoms with E-state index in [0.717, 1.165) is 17.8 Å². The second-order valence-corrected chi connectivity index (χ2v) is 5.79. The predicted octanol–water partition coefficient (Wildman–Crippen LogP) is 2.78. The fraction of sp³-hybridized carbons (Fsp3) is 0.385. The molecule has 0 unspecified atom stereocenters. The molecule has 2 aromatic rings. The summed E-state index contributed by atoms with van der Waals surface area (Å²) in [5, 5.41) is 21.4. The van der Waals surface area contributed by atoms with Crippen LogP contribution in [0.2, 0.25) is 0 Å². The fourth-order valence-corrected chi connectivity index (χ4v) is 2.38. The number of aromatic nitrogens is 2. The SMILES string of the molecule is CC(C)(C#N)CNCc1cn[nH]c1-c1cccs1. The molecule has 2 N–H and O–H groups in total. The van der Waals surface area contributed by atoms with Crippen molar-refractivity contribution in [1.29, 1.82) is 5.26 Å². The minimum atomic E-state index is -0.340. The molecule has 0 saturated carbocycles. The van der Waals surface area contributed by atoms with E-state index < -0.39 is 0 Å². The van der Waals surface area contributed by atoms with Crippen LogP contribution in [0.25, 0.3) is 10.6 Å². The van der Waals surface area contributed by atoms with Gasteiger partial charge in [-0.25, -0.2) is 0 Å². The molecule has 5 heteroatoms. The van der Waals surface area contributed by atoms with Gasteiger partial charge in [-0.3, -0.25) is 5.10 Å². The van der Waals surface area contributed by atoms with Crippen LogP contribution in [0, 0.1) is 16.7 Å². The Morgan fingerprint density at radius 2 is 2.39 bits per heavy atom. The molecule has 0 atom stereocenters. The number of hydrogen-bond donors (Lipinski definition) is 2. The normalized spacial score (nSPS) is 11.4. The lowest BCUT2D eigenvalue weighted by Crippen LogP contribution is -2.27. The molecular formula is C13H16N4S. The summed E-state index contributed by atoms with van der Waals surface area (Å²) >= 11 is 1.69. The third kappa shape index (κ3) is 2.97. The van der Waals surface area contributed by atoms with Crippen LogP contribution in [-0.2, 0) is 6.54 Å². The highest BCUT2D eigenvalue weighted by molar-refractivity contribution is 7.13. The molecule has 0 aliphatic heterocycles. The van der Waals surface area contributed by atoms with Gasteiger partial charge in [-0.2, -0.15) is 10.4 Å². The Balaban J connectivity index is 2.00. The molecule has 0 saturated heterocycles. The quantitative estimate of drug-likeness (QED) is 0.868. The van der Waals surface area contributed by atoms with Gasteiger partial charge < -0.3 is 5.32 Å². The van der Waals surface area contributed by atoms with Crippen LogP contribution in [0.15, 0.2) is 23.7 Å². The van der Waals surface area contributed by atoms with Gasteiger partial charge in [0.2, 0.25) is 0 Å². The molecule has 94 valence electrons. The first-order chi connectivity index (χ1) is 8.62. The van der Waals surface area contributed by atoms with E-state index in [9.17, 15) is 0 Å². The Morgan fingerprint density at radius 1 is 1.56 bits per heavy atom. The monoisotopic (exact) mass is 260 g/mol. The van der Waals surface area contributed by atoms with Crippen molar-refractivity contribution in [2.45, 2.75) is 20.4 Å². The van der Waals surface area contributed by atoms with E-state index in [-0.39, 0.29) is 5.41 Å². The van der Waals surface area contributed by atoms with Crippen molar-refractivity contribution in [2.75, 3.05) is 6.54 Å². The first-order valence-corrected chi connectivity index (χ1v) is 6.68. The zero-order chi connectivity index (χ0) is 13.0. The van der Waals surface area contributed by atoms with Crippen LogP contribution < -0.4 is 5.32 Å². The van der Waals surface area contributed by atoms with Crippen LogP contribution in [0.1, 0.15) is 19.4 Å². The molecule has 0 fully saturated rings. The molecular weight excluding hydrogens is 244 g/mol. The van der Waals surface area contributed by atoms with Crippen molar-refractivity contribution in [2.24, 2.45) is 5.41 Å². The van der Waals surface area contributed by atoms with Crippen molar-refractivity contribution >= 4 is 11.3 Å². The molecule has 4 nitrogen and oxygen atoms in total. The molecule has 2 aromatic heterocycles. The molecule has 0 aromatic carbocycles. The van der Waals surface area contributed by atoms with E-state index in [4.69, 9.17) is 5.26 Å². The van der Waals surface area contributed by atoms with Gasteiger partial charge in [0.05, 0.1) is 28.3 Å². The fourth-order valence-electron chi connectivity index (χ4n) is 1.63. The topological polar surface area (TPSA) is 64.5 Å². The molecule has 0 aliphatic carbocycles. The summed E-state index contributed by atoms with van der Waals surface area (Å²) in [7, 11) is 0. The summed E-state index contributed by atoms with van der Waals surface area (Å²) in [4.78, 5) is 1.18. The van der Waals surface area contributed by atoms with Gasteiger partial charge in [-0.1, -0.05) is 6.07 Å². The highest BCUT2D eigenvalue weighted by atomic mass is 32.1. The smallest absolute Gasteiger partial charge is 0.0794 e. The predicted molar refractivity (Wildman–Crippen MR) is 73.0 cm³/mol. The number of hydrogen-bond acceptors (Lipinski definition) is 4. The first-order valence-electron chi connectivity index (χ1n) is 5.80. The molecule has 2 heterocycles. The molecule has 0 radical (unpaired) electrons. The zero-order valence-electron chi connectivity index (χ0n) is 10.5. The van der Waals surface area contributed by atoms with Gasteiger partial charge in [0, 0.05) is 18.7 Å². The summed E-state index contributed by atoms with van der Waals surface area (Å²) in [6, 6.07) is 6.37. The van der Waals surface area contributed by atoms with Gasteiger partial charge in [-0.15, -0.1) is 11.3 Å². The molecule has 0 amide bonds. The standard InChI is InChI=1S/C13H16N4S/c1-13(2,8-14)9-15-6-10-7-16-17-12(10)11-4-3-5-18-11/h3-5,7,15H,6,9H2,1-2H3,(H,16,17). The van der Waals surface area contributed by atoms with E-state index in [0.29, 0.717) is 6.54 Å². The minimum absolute atomic E-state index is 0.340. The first kappa shape index (κ1) is 12.8. The summed E-state index contributed by atoms with van der Waals surface area (Å²) in [5.41, 5.74) is 1.85. The maximum absolute atomic E-state index is 8.95. The summed E-state index contributed by atoms with van der Waals surface area (Å²) in [5.74, 6) is 0. The number of thiophene rings is 1. The molecule has 0 spiro atoms. The Hall–Kier alpha value is -1.64. The van der Waals surface area contributed by atoms with Crippen LogP contribution >= 0.6 is 11.3 Å². The summed E-state index contributed by atoms with van der Waals surface area (Å²) in [6.07, 6.45) is 1.83. The van der Waals surface area contributed by atoms with Gasteiger partial charge in [0.15, 0.2) is 0 Å². The van der Waals surface area contributed by atoms with Crippen molar-refractivity contribution in [1.82, 2.24) is 15.5 Å². The van der Waals surface area contributed by atoms with Crippen molar-refractivity contribution < 1.29 is 0 Å². The number of rotatable bonds is 5. The van der Waals surface area contributed by atoms with Gasteiger partial charge in [0.1, 0.15) is 0 Å². The second-order valence-electron chi connectivity index (χ2n) is 4.85. The third-order valence-corrected chi connectivity index (χ3v) is 3.56. The van der Waals surface area contributed by atoms with Crippen molar-refractivity contribution in [3.63, 3.8) is 0 Å². The summed E-state index contributed by atoms with van der Waals surface area (Å²) in [6.45, 7) is 5.23. The average Bonchev–Trinajstić information content (AvgIpc) is 2.98. The summed E-state index contributed by atoms with van der Waals surface area (Å²) < 4.78 is 0. The zero-order valence-corrected chi connectivity index (χ0v) is 11.3. The second kappa shape index (κ2) is 5.34. The Kier molecular flexibility index (Phi) is 3.80. The highest BCUT2D eigenvalue weighted by Crippen LogP contribution is 2.25. The van der Waals surface area contributed by atoms with E-state index >= 15 is 0 Å². The Morgan fingerprint density at radius 3 is 3.06 bits per heavy atom. The molecule has 2 rings (SSSR count). The lowest BCUT2D eigenvalue weighted by molar-refractivity contribution is 0.445. The van der Waals surface area contributed by atoms with Crippen LogP contribution in [0.5, 0.6) is 0 Å². The number of aromatic amines is 1. The molecule has 0 aliphatic rings. The maximum atomic E-state index is 8.95. The number of H-pyrrole nitrogens is 1. The van der Waals surface area contributed by atoms with Crippen LogP contribution in [-0.4, -0.2) is 16.7 Å². The third-order valence-electron chi connectivity index (χ3n) is 2.67. The maximum Gasteiger partial charge on any atom is 0.0794 e. The lowest BCUT2D eigenvalue weighted by atomic mass is 9.96. The van der Waals surface area contributed by atoms with E-state index in [1.165, 1.54) is 4.88 Å². The van der Waals surface area contributed by atoms with Crippen LogP contribution in [0.3, 0.4) is 0 Å². The highest BCUT2D eigenvalue weighted by Gasteiger charge is 2.16. The lowest BCUT2D eigenvalue weighted by Gasteiger charge is -2.15. The Labute approximate surface area is 111 Å². The number of nitrogens with zero attached hydrogens (tertiary/aromatic N) is 2. The van der Waals surface area contributed by atoms with E-state index in [1.54, 1.807) is 11.3 Å². The molecule has 0 bridgehead atoms. The van der Waals surface area contributed by atoms with Crippen LogP contribution in [0.4, 0.5) is 0 Å². The van der Waals surface area contributed by atoms with Crippen molar-refractivity contribution in [3.05, 3.63) is 29.3 Å². The number of nitriles is 1. The van der Waals surface area contributed by atoms with Gasteiger partial charge >= 0.3 is 0 Å². The average molecular weight is 260 g/mol. The number of nitrogens with one attached hydrogen (secondary N) is 2. The van der Waals surface area contributed by atoms with E-state index in [1.807, 2.05) is 31.5 Å². The largest absolute Gasteiger partial charge is 0.311 e. The Bertz CT molecular complexity index is 534. The van der Waals surface area contributed by atoms with E-state index in [2.05, 4.69) is 27.6 Å². The van der Waals surface area contributed by atoms with Crippen molar-refractivity contribution in [3.8, 4) is 16.6 Å². The molecule has 18 heavy (non-hydrogen) atoms. The van der Waals surface area contributed by atoms with Gasteiger partial charge in [-0.05, 0) is 25.3 Å².